The second-order valence-corrected chi connectivity index (χ2v) is 4.93. The van der Waals surface area contributed by atoms with Crippen molar-refractivity contribution in [2.45, 2.75) is 13.8 Å². The number of nitrogens with one attached hydrogen (secondary N) is 2. The molecule has 112 valence electrons. The Bertz CT molecular complexity index is 556. The van der Waals surface area contributed by atoms with Gasteiger partial charge in [-0.05, 0) is 18.1 Å². The minimum absolute atomic E-state index is 0.0514. The highest BCUT2D eigenvalue weighted by Gasteiger charge is 2.11. The van der Waals surface area contributed by atoms with E-state index in [-0.39, 0.29) is 24.9 Å². The van der Waals surface area contributed by atoms with Crippen molar-refractivity contribution in [2.24, 2.45) is 11.7 Å². The summed E-state index contributed by atoms with van der Waals surface area (Å²) in [5.41, 5.74) is 6.37. The van der Waals surface area contributed by atoms with E-state index in [0.717, 1.165) is 0 Å². The van der Waals surface area contributed by atoms with E-state index in [2.05, 4.69) is 22.5 Å². The first-order chi connectivity index (χ1) is 10.0. The van der Waals surface area contributed by atoms with Crippen LogP contribution in [0.2, 0.25) is 0 Å². The van der Waals surface area contributed by atoms with E-state index in [0.29, 0.717) is 23.6 Å². The quantitative estimate of drug-likeness (QED) is 0.689. The summed E-state index contributed by atoms with van der Waals surface area (Å²) in [4.78, 5) is 23.7. The van der Waals surface area contributed by atoms with Gasteiger partial charge in [-0.15, -0.1) is 0 Å². The van der Waals surface area contributed by atoms with E-state index in [9.17, 15) is 9.59 Å². The number of carbonyl (C=O) groups is 2. The van der Waals surface area contributed by atoms with Crippen molar-refractivity contribution in [3.8, 4) is 11.8 Å². The summed E-state index contributed by atoms with van der Waals surface area (Å²) in [6, 6.07) is 6.96. The maximum Gasteiger partial charge on any atom is 0.252 e. The van der Waals surface area contributed by atoms with E-state index in [1.54, 1.807) is 24.3 Å². The third kappa shape index (κ3) is 6.11. The Hall–Kier alpha value is -2.32. The largest absolute Gasteiger partial charge is 0.354 e. The molecule has 0 fully saturated rings. The molecule has 0 spiro atoms. The minimum Gasteiger partial charge on any atom is -0.354 e. The van der Waals surface area contributed by atoms with Gasteiger partial charge < -0.3 is 16.4 Å². The predicted molar refractivity (Wildman–Crippen MR) is 82.6 cm³/mol. The first-order valence-electron chi connectivity index (χ1n) is 6.87. The standard InChI is InChI=1S/C16H21N3O2/c1-12(2)10-18-15(20)11-19-16(21)14-8-4-3-6-13(14)7-5-9-17/h3-4,6,8,12H,9-11,17H2,1-2H3,(H,18,20)(H,19,21). The van der Waals surface area contributed by atoms with Crippen LogP contribution in [0.15, 0.2) is 24.3 Å². The Kier molecular flexibility index (Phi) is 6.99. The van der Waals surface area contributed by atoms with Gasteiger partial charge in [0.05, 0.1) is 18.7 Å². The summed E-state index contributed by atoms with van der Waals surface area (Å²) >= 11 is 0. The summed E-state index contributed by atoms with van der Waals surface area (Å²) in [7, 11) is 0. The summed E-state index contributed by atoms with van der Waals surface area (Å²) in [5, 5.41) is 5.33. The molecule has 0 atom stereocenters. The van der Waals surface area contributed by atoms with Crippen molar-refractivity contribution in [1.29, 1.82) is 0 Å². The third-order valence-corrected chi connectivity index (χ3v) is 2.61. The van der Waals surface area contributed by atoms with Gasteiger partial charge in [0, 0.05) is 12.1 Å². The van der Waals surface area contributed by atoms with Crippen LogP contribution in [0, 0.1) is 17.8 Å². The molecule has 0 heterocycles. The van der Waals surface area contributed by atoms with E-state index in [1.165, 1.54) is 0 Å². The van der Waals surface area contributed by atoms with Crippen molar-refractivity contribution < 1.29 is 9.59 Å². The number of nitrogens with two attached hydrogens (primary N) is 1. The molecule has 0 saturated carbocycles. The Morgan fingerprint density at radius 3 is 2.62 bits per heavy atom. The summed E-state index contributed by atoms with van der Waals surface area (Å²) < 4.78 is 0. The van der Waals surface area contributed by atoms with Crippen LogP contribution in [0.3, 0.4) is 0 Å². The normalized spacial score (nSPS) is 9.71. The average Bonchev–Trinajstić information content (AvgIpc) is 2.48. The number of benzene rings is 1. The Balaban J connectivity index is 2.62. The van der Waals surface area contributed by atoms with Crippen LogP contribution in [-0.2, 0) is 4.79 Å². The fourth-order valence-electron chi connectivity index (χ4n) is 1.57. The van der Waals surface area contributed by atoms with Crippen molar-refractivity contribution in [3.63, 3.8) is 0 Å². The lowest BCUT2D eigenvalue weighted by molar-refractivity contribution is -0.120. The molecule has 0 saturated heterocycles. The fraction of sp³-hybridized carbons (Fsp3) is 0.375. The number of carbonyl (C=O) groups excluding carboxylic acids is 2. The lowest BCUT2D eigenvalue weighted by atomic mass is 10.1. The zero-order chi connectivity index (χ0) is 15.7. The second kappa shape index (κ2) is 8.77. The van der Waals surface area contributed by atoms with Crippen molar-refractivity contribution >= 4 is 11.8 Å². The van der Waals surface area contributed by atoms with Gasteiger partial charge in [-0.25, -0.2) is 0 Å². The molecule has 5 nitrogen and oxygen atoms in total. The molecule has 0 unspecified atom stereocenters. The smallest absolute Gasteiger partial charge is 0.252 e. The van der Waals surface area contributed by atoms with E-state index >= 15 is 0 Å². The lowest BCUT2D eigenvalue weighted by Gasteiger charge is -2.09. The molecule has 1 rings (SSSR count). The Labute approximate surface area is 125 Å². The molecule has 5 heteroatoms. The van der Waals surface area contributed by atoms with Gasteiger partial charge in [0.15, 0.2) is 0 Å². The SMILES string of the molecule is CC(C)CNC(=O)CNC(=O)c1ccccc1C#CCN. The highest BCUT2D eigenvalue weighted by Crippen LogP contribution is 2.06. The van der Waals surface area contributed by atoms with E-state index in [1.807, 2.05) is 13.8 Å². The van der Waals surface area contributed by atoms with Gasteiger partial charge in [-0.2, -0.15) is 0 Å². The molecule has 0 aromatic heterocycles. The fourth-order valence-corrected chi connectivity index (χ4v) is 1.57. The van der Waals surface area contributed by atoms with Crippen LogP contribution >= 0.6 is 0 Å². The molecular formula is C16H21N3O2. The molecule has 0 aliphatic rings. The first kappa shape index (κ1) is 16.7. The molecule has 1 aromatic rings. The minimum atomic E-state index is -0.323. The molecule has 1 aromatic carbocycles. The van der Waals surface area contributed by atoms with Crippen LogP contribution in [-0.4, -0.2) is 31.4 Å². The zero-order valence-corrected chi connectivity index (χ0v) is 12.4. The second-order valence-electron chi connectivity index (χ2n) is 4.93. The molecule has 0 aliphatic heterocycles. The number of hydrogen-bond donors (Lipinski definition) is 3. The van der Waals surface area contributed by atoms with Crippen LogP contribution in [0.1, 0.15) is 29.8 Å². The van der Waals surface area contributed by atoms with Crippen LogP contribution in [0.5, 0.6) is 0 Å². The molecule has 0 aliphatic carbocycles. The maximum absolute atomic E-state index is 12.1. The molecule has 4 N–H and O–H groups in total. The number of amides is 2. The van der Waals surface area contributed by atoms with Crippen LogP contribution in [0.25, 0.3) is 0 Å². The molecule has 2 amide bonds. The highest BCUT2D eigenvalue weighted by molar-refractivity contribution is 5.98. The van der Waals surface area contributed by atoms with Gasteiger partial charge in [0.1, 0.15) is 0 Å². The van der Waals surface area contributed by atoms with Crippen molar-refractivity contribution in [1.82, 2.24) is 10.6 Å². The van der Waals surface area contributed by atoms with Crippen molar-refractivity contribution in [3.05, 3.63) is 35.4 Å². The van der Waals surface area contributed by atoms with Gasteiger partial charge in [-0.3, -0.25) is 9.59 Å². The predicted octanol–water partition coefficient (Wildman–Crippen LogP) is 0.499. The average molecular weight is 287 g/mol. The summed E-state index contributed by atoms with van der Waals surface area (Å²) in [6.07, 6.45) is 0. The number of hydrogen-bond acceptors (Lipinski definition) is 3. The highest BCUT2D eigenvalue weighted by atomic mass is 16.2. The third-order valence-electron chi connectivity index (χ3n) is 2.61. The molecule has 21 heavy (non-hydrogen) atoms. The Morgan fingerprint density at radius 1 is 1.24 bits per heavy atom. The van der Waals surface area contributed by atoms with Gasteiger partial charge in [0.25, 0.3) is 5.91 Å². The lowest BCUT2D eigenvalue weighted by Crippen LogP contribution is -2.38. The van der Waals surface area contributed by atoms with Gasteiger partial charge in [-0.1, -0.05) is 37.8 Å². The summed E-state index contributed by atoms with van der Waals surface area (Å²) in [6.45, 7) is 4.78. The van der Waals surface area contributed by atoms with Gasteiger partial charge in [0.2, 0.25) is 5.91 Å². The molecule has 0 radical (unpaired) electrons. The van der Waals surface area contributed by atoms with Crippen LogP contribution < -0.4 is 16.4 Å². The van der Waals surface area contributed by atoms with Crippen LogP contribution in [0.4, 0.5) is 0 Å². The first-order valence-corrected chi connectivity index (χ1v) is 6.87. The van der Waals surface area contributed by atoms with E-state index < -0.39 is 0 Å². The van der Waals surface area contributed by atoms with E-state index in [4.69, 9.17) is 5.73 Å². The van der Waals surface area contributed by atoms with Crippen molar-refractivity contribution in [2.75, 3.05) is 19.6 Å². The summed E-state index contributed by atoms with van der Waals surface area (Å²) in [5.74, 6) is 5.40. The maximum atomic E-state index is 12.1. The monoisotopic (exact) mass is 287 g/mol. The van der Waals surface area contributed by atoms with Gasteiger partial charge >= 0.3 is 0 Å². The Morgan fingerprint density at radius 2 is 1.95 bits per heavy atom. The zero-order valence-electron chi connectivity index (χ0n) is 12.4. The molecular weight excluding hydrogens is 266 g/mol. The molecule has 0 bridgehead atoms. The number of rotatable bonds is 5. The topological polar surface area (TPSA) is 84.2 Å².